The summed E-state index contributed by atoms with van der Waals surface area (Å²) in [6.07, 6.45) is 1.40. The predicted molar refractivity (Wildman–Crippen MR) is 83.5 cm³/mol. The number of carbonyl (C=O) groups excluding carboxylic acids is 1. The molecule has 0 bridgehead atoms. The molecule has 0 aliphatic carbocycles. The largest absolute Gasteiger partial charge is 0.492 e. The Labute approximate surface area is 138 Å². The summed E-state index contributed by atoms with van der Waals surface area (Å²) in [4.78, 5) is 24.4. The van der Waals surface area contributed by atoms with Gasteiger partial charge in [0, 0.05) is 24.5 Å². The molecule has 1 atom stereocenters. The van der Waals surface area contributed by atoms with E-state index in [9.17, 15) is 9.59 Å². The molecule has 120 valence electrons. The Bertz CT molecular complexity index is 564. The van der Waals surface area contributed by atoms with Crippen LogP contribution in [0.25, 0.3) is 0 Å². The molecule has 0 aromatic heterocycles. The van der Waals surface area contributed by atoms with Gasteiger partial charge < -0.3 is 14.7 Å². The number of hydrogen-bond acceptors (Lipinski definition) is 3. The van der Waals surface area contributed by atoms with E-state index in [4.69, 9.17) is 33.0 Å². The van der Waals surface area contributed by atoms with Gasteiger partial charge in [-0.05, 0) is 31.0 Å². The number of benzene rings is 1. The van der Waals surface area contributed by atoms with E-state index in [1.807, 2.05) is 0 Å². The van der Waals surface area contributed by atoms with Crippen molar-refractivity contribution in [3.8, 4) is 5.75 Å². The summed E-state index contributed by atoms with van der Waals surface area (Å²) < 4.78 is 5.51. The van der Waals surface area contributed by atoms with Crippen LogP contribution in [0.1, 0.15) is 19.3 Å². The van der Waals surface area contributed by atoms with Crippen LogP contribution in [0.15, 0.2) is 18.2 Å². The summed E-state index contributed by atoms with van der Waals surface area (Å²) in [5, 5.41) is 9.89. The number of aliphatic carboxylic acids is 1. The van der Waals surface area contributed by atoms with E-state index in [-0.39, 0.29) is 5.91 Å². The maximum absolute atomic E-state index is 12.0. The molecule has 5 nitrogen and oxygen atoms in total. The first-order valence-electron chi connectivity index (χ1n) is 7.06. The fourth-order valence-electron chi connectivity index (χ4n) is 2.34. The van der Waals surface area contributed by atoms with E-state index >= 15 is 0 Å². The fraction of sp³-hybridized carbons (Fsp3) is 0.467. The van der Waals surface area contributed by atoms with Crippen LogP contribution in [-0.2, 0) is 9.59 Å². The highest BCUT2D eigenvalue weighted by molar-refractivity contribution is 6.35. The SMILES string of the molecule is O=C(O)C1CCN(C(=O)CCCOc2ccc(Cl)cc2Cl)C1. The highest BCUT2D eigenvalue weighted by atomic mass is 35.5. The van der Waals surface area contributed by atoms with Gasteiger partial charge in [0.05, 0.1) is 17.5 Å². The zero-order valence-electron chi connectivity index (χ0n) is 11.9. The van der Waals surface area contributed by atoms with E-state index < -0.39 is 11.9 Å². The molecule has 22 heavy (non-hydrogen) atoms. The van der Waals surface area contributed by atoms with Gasteiger partial charge >= 0.3 is 5.97 Å². The molecule has 0 spiro atoms. The van der Waals surface area contributed by atoms with Gasteiger partial charge in [-0.15, -0.1) is 0 Å². The predicted octanol–water partition coefficient (Wildman–Crippen LogP) is 3.09. The van der Waals surface area contributed by atoms with Crippen molar-refractivity contribution < 1.29 is 19.4 Å². The second-order valence-electron chi connectivity index (χ2n) is 5.19. The maximum Gasteiger partial charge on any atom is 0.308 e. The van der Waals surface area contributed by atoms with Crippen LogP contribution < -0.4 is 4.74 Å². The van der Waals surface area contributed by atoms with Crippen LogP contribution >= 0.6 is 23.2 Å². The van der Waals surface area contributed by atoms with Gasteiger partial charge in [-0.3, -0.25) is 9.59 Å². The first kappa shape index (κ1) is 16.9. The summed E-state index contributed by atoms with van der Waals surface area (Å²) in [6.45, 7) is 1.18. The van der Waals surface area contributed by atoms with Gasteiger partial charge in [0.15, 0.2) is 0 Å². The normalized spacial score (nSPS) is 17.5. The Balaban J connectivity index is 1.70. The molecule has 1 unspecified atom stereocenters. The standard InChI is InChI=1S/C15H17Cl2NO4/c16-11-3-4-13(12(17)8-11)22-7-1-2-14(19)18-6-5-10(9-18)15(20)21/h3-4,8,10H,1-2,5-7,9H2,(H,20,21). The van der Waals surface area contributed by atoms with Crippen molar-refractivity contribution in [3.63, 3.8) is 0 Å². The van der Waals surface area contributed by atoms with Crippen LogP contribution in [-0.4, -0.2) is 41.6 Å². The van der Waals surface area contributed by atoms with E-state index in [1.54, 1.807) is 23.1 Å². The van der Waals surface area contributed by atoms with Crippen molar-refractivity contribution in [2.24, 2.45) is 5.92 Å². The van der Waals surface area contributed by atoms with Crippen LogP contribution in [0.4, 0.5) is 0 Å². The zero-order chi connectivity index (χ0) is 16.1. The number of likely N-dealkylation sites (tertiary alicyclic amines) is 1. The Kier molecular flexibility index (Phi) is 5.91. The number of carbonyl (C=O) groups is 2. The fourth-order valence-corrected chi connectivity index (χ4v) is 2.81. The smallest absolute Gasteiger partial charge is 0.308 e. The van der Waals surface area contributed by atoms with Crippen LogP contribution in [0.5, 0.6) is 5.75 Å². The molecule has 1 N–H and O–H groups in total. The summed E-state index contributed by atoms with van der Waals surface area (Å²) in [5.74, 6) is -0.774. The molecule has 1 saturated heterocycles. The molecule has 7 heteroatoms. The maximum atomic E-state index is 12.0. The number of carboxylic acid groups (broad SMARTS) is 1. The Morgan fingerprint density at radius 1 is 1.36 bits per heavy atom. The lowest BCUT2D eigenvalue weighted by Gasteiger charge is -2.15. The van der Waals surface area contributed by atoms with E-state index in [2.05, 4.69) is 0 Å². The highest BCUT2D eigenvalue weighted by Crippen LogP contribution is 2.27. The lowest BCUT2D eigenvalue weighted by atomic mass is 10.1. The van der Waals surface area contributed by atoms with E-state index in [0.29, 0.717) is 54.8 Å². The van der Waals surface area contributed by atoms with Crippen LogP contribution in [0.2, 0.25) is 10.0 Å². The van der Waals surface area contributed by atoms with Crippen molar-refractivity contribution >= 4 is 35.1 Å². The average Bonchev–Trinajstić information content (AvgIpc) is 2.95. The van der Waals surface area contributed by atoms with Crippen LogP contribution in [0.3, 0.4) is 0 Å². The van der Waals surface area contributed by atoms with Gasteiger partial charge in [0.1, 0.15) is 5.75 Å². The first-order valence-corrected chi connectivity index (χ1v) is 7.81. The van der Waals surface area contributed by atoms with Gasteiger partial charge in [0.25, 0.3) is 0 Å². The minimum atomic E-state index is -0.837. The second kappa shape index (κ2) is 7.70. The molecular weight excluding hydrogens is 329 g/mol. The minimum absolute atomic E-state index is 0.0328. The Morgan fingerprint density at radius 3 is 2.77 bits per heavy atom. The summed E-state index contributed by atoms with van der Waals surface area (Å²) >= 11 is 11.8. The molecule has 1 aliphatic rings. The number of rotatable bonds is 6. The topological polar surface area (TPSA) is 66.8 Å². The number of nitrogens with zero attached hydrogens (tertiary/aromatic N) is 1. The molecule has 1 amide bonds. The third kappa shape index (κ3) is 4.52. The third-order valence-corrected chi connectivity index (χ3v) is 4.11. The van der Waals surface area contributed by atoms with Gasteiger partial charge in [-0.1, -0.05) is 23.2 Å². The quantitative estimate of drug-likeness (QED) is 0.804. The summed E-state index contributed by atoms with van der Waals surface area (Å²) in [6, 6.07) is 4.97. The molecule has 1 aliphatic heterocycles. The van der Waals surface area contributed by atoms with Gasteiger partial charge in [0.2, 0.25) is 5.91 Å². The molecule has 1 fully saturated rings. The molecule has 1 aromatic carbocycles. The van der Waals surface area contributed by atoms with Crippen molar-refractivity contribution in [1.82, 2.24) is 4.90 Å². The van der Waals surface area contributed by atoms with Crippen molar-refractivity contribution in [1.29, 1.82) is 0 Å². The molecule has 1 aromatic rings. The molecule has 0 saturated carbocycles. The minimum Gasteiger partial charge on any atom is -0.492 e. The number of carboxylic acids is 1. The number of hydrogen-bond donors (Lipinski definition) is 1. The number of ether oxygens (including phenoxy) is 1. The lowest BCUT2D eigenvalue weighted by Crippen LogP contribution is -2.30. The monoisotopic (exact) mass is 345 g/mol. The van der Waals surface area contributed by atoms with E-state index in [1.165, 1.54) is 0 Å². The van der Waals surface area contributed by atoms with Crippen molar-refractivity contribution in [2.45, 2.75) is 19.3 Å². The number of halogens is 2. The van der Waals surface area contributed by atoms with Crippen molar-refractivity contribution in [2.75, 3.05) is 19.7 Å². The Hall–Kier alpha value is -1.46. The highest BCUT2D eigenvalue weighted by Gasteiger charge is 2.30. The lowest BCUT2D eigenvalue weighted by molar-refractivity contribution is -0.141. The average molecular weight is 346 g/mol. The van der Waals surface area contributed by atoms with Gasteiger partial charge in [-0.2, -0.15) is 0 Å². The third-order valence-electron chi connectivity index (χ3n) is 3.58. The van der Waals surface area contributed by atoms with Crippen LogP contribution in [0, 0.1) is 5.92 Å². The summed E-state index contributed by atoms with van der Waals surface area (Å²) in [5.41, 5.74) is 0. The molecule has 2 rings (SSSR count). The molecule has 1 heterocycles. The first-order chi connectivity index (χ1) is 10.5. The molecule has 0 radical (unpaired) electrons. The molecular formula is C15H17Cl2NO4. The second-order valence-corrected chi connectivity index (χ2v) is 6.03. The van der Waals surface area contributed by atoms with Crippen molar-refractivity contribution in [3.05, 3.63) is 28.2 Å². The number of amides is 1. The zero-order valence-corrected chi connectivity index (χ0v) is 13.4. The van der Waals surface area contributed by atoms with E-state index in [0.717, 1.165) is 0 Å². The Morgan fingerprint density at radius 2 is 2.14 bits per heavy atom. The van der Waals surface area contributed by atoms with Gasteiger partial charge in [-0.25, -0.2) is 0 Å². The summed E-state index contributed by atoms with van der Waals surface area (Å²) in [7, 11) is 0.